The maximum Gasteiger partial charge on any atom is 0.225 e. The number of ether oxygens (including phenoxy) is 3. The average Bonchev–Trinajstić information content (AvgIpc) is 3.23. The molecule has 0 fully saturated rings. The lowest BCUT2D eigenvalue weighted by Crippen LogP contribution is -2.24. The van der Waals surface area contributed by atoms with Gasteiger partial charge in [0.1, 0.15) is 10.6 Å². The smallest absolute Gasteiger partial charge is 0.225 e. The van der Waals surface area contributed by atoms with Gasteiger partial charge < -0.3 is 19.5 Å². The van der Waals surface area contributed by atoms with Crippen LogP contribution in [0.3, 0.4) is 0 Å². The van der Waals surface area contributed by atoms with Crippen LogP contribution in [0.1, 0.15) is 29.7 Å². The lowest BCUT2D eigenvalue weighted by molar-refractivity contribution is -0.116. The van der Waals surface area contributed by atoms with E-state index in [0.717, 1.165) is 10.4 Å². The molecule has 2 heterocycles. The molecule has 0 aliphatic carbocycles. The van der Waals surface area contributed by atoms with Gasteiger partial charge in [0, 0.05) is 28.2 Å². The maximum absolute atomic E-state index is 13.4. The Kier molecular flexibility index (Phi) is 6.12. The zero-order valence-electron chi connectivity index (χ0n) is 17.9. The SMILES string of the molecule is CCOc1c(OC)cccc1[C@H]1CC(=O)Nc2c(S(=O)(=O)c3ccc(OC)cc3)csc21. The van der Waals surface area contributed by atoms with Gasteiger partial charge in [0.05, 0.1) is 31.4 Å². The molecule has 1 N–H and O–H groups in total. The van der Waals surface area contributed by atoms with Crippen LogP contribution >= 0.6 is 11.3 Å². The quantitative estimate of drug-likeness (QED) is 0.544. The number of fused-ring (bicyclic) bond motifs is 1. The van der Waals surface area contributed by atoms with E-state index in [2.05, 4.69) is 5.32 Å². The van der Waals surface area contributed by atoms with Gasteiger partial charge in [-0.3, -0.25) is 4.79 Å². The molecule has 4 rings (SSSR count). The fraction of sp³-hybridized carbons (Fsp3) is 0.261. The molecular weight excluding hydrogens is 450 g/mol. The van der Waals surface area contributed by atoms with Crippen LogP contribution in [-0.2, 0) is 14.6 Å². The van der Waals surface area contributed by atoms with Crippen molar-refractivity contribution in [1.29, 1.82) is 0 Å². The Bertz CT molecular complexity index is 1250. The number of anilines is 1. The highest BCUT2D eigenvalue weighted by Gasteiger charge is 2.36. The summed E-state index contributed by atoms with van der Waals surface area (Å²) < 4.78 is 43.1. The Balaban J connectivity index is 1.82. The molecule has 1 atom stereocenters. The molecule has 3 aromatic rings. The second-order valence-electron chi connectivity index (χ2n) is 7.13. The van der Waals surface area contributed by atoms with Gasteiger partial charge in [0.15, 0.2) is 11.5 Å². The molecule has 7 nitrogen and oxygen atoms in total. The minimum Gasteiger partial charge on any atom is -0.497 e. The molecule has 0 saturated heterocycles. The van der Waals surface area contributed by atoms with Crippen LogP contribution in [-0.4, -0.2) is 35.2 Å². The van der Waals surface area contributed by atoms with Crippen molar-refractivity contribution in [3.63, 3.8) is 0 Å². The van der Waals surface area contributed by atoms with Crippen molar-refractivity contribution >= 4 is 32.8 Å². The fourth-order valence-corrected chi connectivity index (χ4v) is 6.70. The number of para-hydroxylation sites is 1. The third-order valence-electron chi connectivity index (χ3n) is 5.31. The van der Waals surface area contributed by atoms with E-state index in [1.165, 1.54) is 30.6 Å². The summed E-state index contributed by atoms with van der Waals surface area (Å²) in [6, 6.07) is 11.7. The van der Waals surface area contributed by atoms with Gasteiger partial charge in [-0.25, -0.2) is 8.42 Å². The number of hydrogen-bond donors (Lipinski definition) is 1. The minimum atomic E-state index is -3.84. The summed E-state index contributed by atoms with van der Waals surface area (Å²) in [5, 5.41) is 4.37. The summed E-state index contributed by atoms with van der Waals surface area (Å²) in [6.07, 6.45) is 0.183. The van der Waals surface area contributed by atoms with Crippen molar-refractivity contribution in [3.8, 4) is 17.2 Å². The van der Waals surface area contributed by atoms with E-state index in [1.54, 1.807) is 30.7 Å². The highest BCUT2D eigenvalue weighted by atomic mass is 32.2. The molecule has 9 heteroatoms. The number of amides is 1. The topological polar surface area (TPSA) is 90.9 Å². The standard InChI is InChI=1S/C23H23NO6S2/c1-4-30-22-16(6-5-7-18(22)29-3)17-12-20(25)24-21-19(13-31-23(17)21)32(26,27)15-10-8-14(28-2)9-11-15/h5-11,13,17H,4,12H2,1-3H3,(H,24,25)/t17-/m1/s1. The summed E-state index contributed by atoms with van der Waals surface area (Å²) >= 11 is 1.31. The van der Waals surface area contributed by atoms with Gasteiger partial charge in [-0.1, -0.05) is 12.1 Å². The van der Waals surface area contributed by atoms with Crippen molar-refractivity contribution in [1.82, 2.24) is 0 Å². The van der Waals surface area contributed by atoms with Gasteiger partial charge in [-0.15, -0.1) is 11.3 Å². The molecule has 1 aliphatic heterocycles. The first-order valence-electron chi connectivity index (χ1n) is 10.0. The van der Waals surface area contributed by atoms with E-state index >= 15 is 0 Å². The molecule has 32 heavy (non-hydrogen) atoms. The lowest BCUT2D eigenvalue weighted by atomic mass is 9.89. The zero-order valence-corrected chi connectivity index (χ0v) is 19.5. The highest BCUT2D eigenvalue weighted by molar-refractivity contribution is 7.91. The zero-order chi connectivity index (χ0) is 22.9. The number of benzene rings is 2. The molecule has 0 unspecified atom stereocenters. The third-order valence-corrected chi connectivity index (χ3v) is 8.35. The van der Waals surface area contributed by atoms with Crippen molar-refractivity contribution in [2.24, 2.45) is 0 Å². The Morgan fingerprint density at radius 1 is 1.09 bits per heavy atom. The van der Waals surface area contributed by atoms with Crippen molar-refractivity contribution in [3.05, 3.63) is 58.3 Å². The van der Waals surface area contributed by atoms with Crippen LogP contribution < -0.4 is 19.5 Å². The number of nitrogens with one attached hydrogen (secondary N) is 1. The maximum atomic E-state index is 13.4. The number of sulfone groups is 1. The summed E-state index contributed by atoms with van der Waals surface area (Å²) in [5.41, 5.74) is 1.12. The Labute approximate surface area is 190 Å². The van der Waals surface area contributed by atoms with Gasteiger partial charge in [0.2, 0.25) is 15.7 Å². The number of rotatable bonds is 7. The average molecular weight is 474 g/mol. The second-order valence-corrected chi connectivity index (χ2v) is 9.96. The van der Waals surface area contributed by atoms with Gasteiger partial charge >= 0.3 is 0 Å². The molecule has 2 aromatic carbocycles. The molecule has 1 aliphatic rings. The summed E-state index contributed by atoms with van der Waals surface area (Å²) in [4.78, 5) is 13.6. The first-order chi connectivity index (χ1) is 15.4. The molecule has 0 spiro atoms. The minimum absolute atomic E-state index is 0.0848. The lowest BCUT2D eigenvalue weighted by Gasteiger charge is -2.26. The molecule has 0 radical (unpaired) electrons. The molecule has 168 valence electrons. The molecule has 1 aromatic heterocycles. The highest BCUT2D eigenvalue weighted by Crippen LogP contribution is 2.49. The number of hydrogen-bond acceptors (Lipinski definition) is 7. The monoisotopic (exact) mass is 473 g/mol. The van der Waals surface area contributed by atoms with E-state index in [4.69, 9.17) is 14.2 Å². The predicted octanol–water partition coefficient (Wildman–Crippen LogP) is 4.47. The van der Waals surface area contributed by atoms with Crippen molar-refractivity contribution < 1.29 is 27.4 Å². The Hall–Kier alpha value is -3.04. The van der Waals surface area contributed by atoms with Crippen LogP contribution in [0.15, 0.2) is 57.6 Å². The van der Waals surface area contributed by atoms with E-state index < -0.39 is 9.84 Å². The number of methoxy groups -OCH3 is 2. The van der Waals surface area contributed by atoms with Crippen LogP contribution in [0.5, 0.6) is 17.2 Å². The second kappa shape index (κ2) is 8.84. The summed E-state index contributed by atoms with van der Waals surface area (Å²) in [6.45, 7) is 2.31. The first kappa shape index (κ1) is 22.2. The number of carbonyl (C=O) groups is 1. The number of thiophene rings is 1. The molecular formula is C23H23NO6S2. The van der Waals surface area contributed by atoms with Crippen LogP contribution in [0.4, 0.5) is 5.69 Å². The Morgan fingerprint density at radius 2 is 1.84 bits per heavy atom. The normalized spacial score (nSPS) is 15.6. The first-order valence-corrected chi connectivity index (χ1v) is 12.4. The van der Waals surface area contributed by atoms with E-state index in [1.807, 2.05) is 19.1 Å². The molecule has 1 amide bonds. The van der Waals surface area contributed by atoms with Crippen LogP contribution in [0.2, 0.25) is 0 Å². The van der Waals surface area contributed by atoms with E-state index in [-0.39, 0.29) is 28.0 Å². The van der Waals surface area contributed by atoms with Gasteiger partial charge in [0.25, 0.3) is 0 Å². The Morgan fingerprint density at radius 3 is 2.50 bits per heavy atom. The molecule has 0 bridgehead atoms. The van der Waals surface area contributed by atoms with E-state index in [9.17, 15) is 13.2 Å². The van der Waals surface area contributed by atoms with E-state index in [0.29, 0.717) is 29.5 Å². The van der Waals surface area contributed by atoms with Gasteiger partial charge in [-0.2, -0.15) is 0 Å². The van der Waals surface area contributed by atoms with Crippen molar-refractivity contribution in [2.75, 3.05) is 26.1 Å². The van der Waals surface area contributed by atoms with Crippen LogP contribution in [0.25, 0.3) is 0 Å². The third kappa shape index (κ3) is 3.82. The van der Waals surface area contributed by atoms with Gasteiger partial charge in [-0.05, 0) is 37.3 Å². The summed E-state index contributed by atoms with van der Waals surface area (Å²) in [7, 11) is -0.762. The van der Waals surface area contributed by atoms with Crippen LogP contribution in [0, 0.1) is 0 Å². The fourth-order valence-electron chi connectivity index (χ4n) is 3.80. The predicted molar refractivity (Wildman–Crippen MR) is 122 cm³/mol. The summed E-state index contributed by atoms with van der Waals surface area (Å²) in [5.74, 6) is 1.10. The van der Waals surface area contributed by atoms with Crippen molar-refractivity contribution in [2.45, 2.75) is 29.1 Å². The molecule has 0 saturated carbocycles. The number of carbonyl (C=O) groups excluding carboxylic acids is 1. The largest absolute Gasteiger partial charge is 0.497 e.